The lowest BCUT2D eigenvalue weighted by Crippen LogP contribution is -2.15. The molecule has 5 heteroatoms. The second-order valence-electron chi connectivity index (χ2n) is 5.82. The highest BCUT2D eigenvalue weighted by molar-refractivity contribution is 6.02. The first-order valence-corrected chi connectivity index (χ1v) is 6.82. The number of amides is 1. The van der Waals surface area contributed by atoms with Crippen LogP contribution in [0.1, 0.15) is 36.8 Å². The Balaban J connectivity index is 2.12. The molecule has 0 bridgehead atoms. The molecule has 1 aromatic heterocycles. The molecule has 5 nitrogen and oxygen atoms in total. The van der Waals surface area contributed by atoms with E-state index in [0.29, 0.717) is 5.82 Å². The van der Waals surface area contributed by atoms with Gasteiger partial charge in [0.2, 0.25) is 0 Å². The van der Waals surface area contributed by atoms with Crippen molar-refractivity contribution in [2.24, 2.45) is 0 Å². The molecule has 1 heterocycles. The van der Waals surface area contributed by atoms with E-state index in [0.717, 1.165) is 5.69 Å². The highest BCUT2D eigenvalue weighted by Gasteiger charge is 2.14. The third-order valence-corrected chi connectivity index (χ3v) is 3.13. The molecule has 21 heavy (non-hydrogen) atoms. The first kappa shape index (κ1) is 15.0. The number of benzene rings is 1. The largest absolute Gasteiger partial charge is 0.372 e. The molecule has 0 aliphatic rings. The van der Waals surface area contributed by atoms with Gasteiger partial charge in [-0.3, -0.25) is 9.78 Å². The zero-order valence-electron chi connectivity index (χ0n) is 12.8. The summed E-state index contributed by atoms with van der Waals surface area (Å²) in [6.07, 6.45) is 3.01. The summed E-state index contributed by atoms with van der Waals surface area (Å²) in [5.41, 5.74) is 2.33. The van der Waals surface area contributed by atoms with E-state index < -0.39 is 0 Å². The van der Waals surface area contributed by atoms with Crippen LogP contribution in [0.4, 0.5) is 11.5 Å². The monoisotopic (exact) mass is 284 g/mol. The Morgan fingerprint density at radius 2 is 1.76 bits per heavy atom. The molecule has 0 spiro atoms. The second kappa shape index (κ2) is 5.91. The number of hydrogen-bond acceptors (Lipinski definition) is 4. The van der Waals surface area contributed by atoms with Crippen LogP contribution in [-0.4, -0.2) is 22.9 Å². The summed E-state index contributed by atoms with van der Waals surface area (Å²) in [6.45, 7) is 6.46. The third-order valence-electron chi connectivity index (χ3n) is 3.13. The van der Waals surface area contributed by atoms with Crippen molar-refractivity contribution >= 4 is 17.4 Å². The topological polar surface area (TPSA) is 66.9 Å². The smallest absolute Gasteiger partial charge is 0.275 e. The Labute approximate surface area is 124 Å². The van der Waals surface area contributed by atoms with Gasteiger partial charge in [-0.1, -0.05) is 32.9 Å². The number of anilines is 2. The molecule has 0 atom stereocenters. The average molecular weight is 284 g/mol. The van der Waals surface area contributed by atoms with Crippen molar-refractivity contribution in [3.8, 4) is 0 Å². The van der Waals surface area contributed by atoms with Gasteiger partial charge in [0.15, 0.2) is 0 Å². The number of hydrogen-bond donors (Lipinski definition) is 2. The van der Waals surface area contributed by atoms with Crippen LogP contribution in [0.5, 0.6) is 0 Å². The van der Waals surface area contributed by atoms with Gasteiger partial charge in [-0.25, -0.2) is 4.98 Å². The maximum absolute atomic E-state index is 12.1. The molecule has 0 saturated heterocycles. The first-order chi connectivity index (χ1) is 9.90. The number of carbonyl (C=O) groups excluding carboxylic acids is 1. The average Bonchev–Trinajstić information content (AvgIpc) is 2.47. The van der Waals surface area contributed by atoms with E-state index in [4.69, 9.17) is 0 Å². The zero-order valence-corrected chi connectivity index (χ0v) is 12.8. The molecule has 2 N–H and O–H groups in total. The van der Waals surface area contributed by atoms with Gasteiger partial charge in [0.25, 0.3) is 5.91 Å². The molecular formula is C16H20N4O. The van der Waals surface area contributed by atoms with E-state index in [9.17, 15) is 4.79 Å². The quantitative estimate of drug-likeness (QED) is 0.909. The Morgan fingerprint density at radius 1 is 1.10 bits per heavy atom. The summed E-state index contributed by atoms with van der Waals surface area (Å²) >= 11 is 0. The van der Waals surface area contributed by atoms with Crippen molar-refractivity contribution < 1.29 is 4.79 Å². The van der Waals surface area contributed by atoms with Gasteiger partial charge in [-0.05, 0) is 23.1 Å². The summed E-state index contributed by atoms with van der Waals surface area (Å²) in [7, 11) is 1.73. The van der Waals surface area contributed by atoms with Crippen molar-refractivity contribution in [3.05, 3.63) is 47.9 Å². The van der Waals surface area contributed by atoms with Crippen LogP contribution in [0.25, 0.3) is 0 Å². The molecule has 0 aliphatic carbocycles. The van der Waals surface area contributed by atoms with Crippen molar-refractivity contribution in [1.29, 1.82) is 0 Å². The van der Waals surface area contributed by atoms with Gasteiger partial charge in [0.05, 0.1) is 12.4 Å². The first-order valence-electron chi connectivity index (χ1n) is 6.82. The predicted molar refractivity (Wildman–Crippen MR) is 84.7 cm³/mol. The van der Waals surface area contributed by atoms with Crippen molar-refractivity contribution in [2.45, 2.75) is 26.2 Å². The van der Waals surface area contributed by atoms with Crippen LogP contribution < -0.4 is 10.6 Å². The van der Waals surface area contributed by atoms with Crippen molar-refractivity contribution in [1.82, 2.24) is 9.97 Å². The van der Waals surface area contributed by atoms with Gasteiger partial charge >= 0.3 is 0 Å². The van der Waals surface area contributed by atoms with Crippen LogP contribution >= 0.6 is 0 Å². The maximum atomic E-state index is 12.1. The van der Waals surface area contributed by atoms with E-state index in [1.165, 1.54) is 11.8 Å². The van der Waals surface area contributed by atoms with E-state index in [1.54, 1.807) is 13.2 Å². The lowest BCUT2D eigenvalue weighted by molar-refractivity contribution is 0.102. The highest BCUT2D eigenvalue weighted by atomic mass is 16.1. The number of nitrogens with one attached hydrogen (secondary N) is 2. The number of rotatable bonds is 3. The van der Waals surface area contributed by atoms with Gasteiger partial charge in [0, 0.05) is 12.7 Å². The minimum absolute atomic E-state index is 0.0924. The number of carbonyl (C=O) groups is 1. The summed E-state index contributed by atoms with van der Waals surface area (Å²) in [5, 5.41) is 5.68. The Hall–Kier alpha value is -2.43. The standard InChI is InChI=1S/C16H20N4O/c1-16(2,3)11-5-7-12(8-6-11)19-15(21)13-9-18-10-14(17-4)20-13/h5-10H,1-4H3,(H,17,20)(H,19,21). The lowest BCUT2D eigenvalue weighted by Gasteiger charge is -2.19. The molecule has 2 aromatic rings. The van der Waals surface area contributed by atoms with Gasteiger partial charge in [-0.15, -0.1) is 0 Å². The highest BCUT2D eigenvalue weighted by Crippen LogP contribution is 2.23. The molecule has 0 radical (unpaired) electrons. The van der Waals surface area contributed by atoms with Crippen LogP contribution in [-0.2, 0) is 5.41 Å². The number of aromatic nitrogens is 2. The molecular weight excluding hydrogens is 264 g/mol. The summed E-state index contributed by atoms with van der Waals surface area (Å²) in [4.78, 5) is 20.3. The summed E-state index contributed by atoms with van der Waals surface area (Å²) in [5.74, 6) is 0.286. The second-order valence-corrected chi connectivity index (χ2v) is 5.82. The SMILES string of the molecule is CNc1cncc(C(=O)Nc2ccc(C(C)(C)C)cc2)n1. The Kier molecular flexibility index (Phi) is 4.21. The third kappa shape index (κ3) is 3.78. The van der Waals surface area contributed by atoms with Gasteiger partial charge < -0.3 is 10.6 Å². The number of nitrogens with zero attached hydrogens (tertiary/aromatic N) is 2. The Bertz CT molecular complexity index is 629. The normalized spacial score (nSPS) is 11.0. The molecule has 2 rings (SSSR count). The fraction of sp³-hybridized carbons (Fsp3) is 0.312. The van der Waals surface area contributed by atoms with E-state index in [2.05, 4.69) is 41.4 Å². The predicted octanol–water partition coefficient (Wildman–Crippen LogP) is 3.07. The van der Waals surface area contributed by atoms with Crippen LogP contribution in [0.3, 0.4) is 0 Å². The van der Waals surface area contributed by atoms with Crippen molar-refractivity contribution in [3.63, 3.8) is 0 Å². The van der Waals surface area contributed by atoms with Gasteiger partial charge in [-0.2, -0.15) is 0 Å². The van der Waals surface area contributed by atoms with E-state index in [-0.39, 0.29) is 17.0 Å². The molecule has 0 unspecified atom stereocenters. The maximum Gasteiger partial charge on any atom is 0.275 e. The molecule has 0 fully saturated rings. The molecule has 1 aromatic carbocycles. The van der Waals surface area contributed by atoms with Crippen molar-refractivity contribution in [2.75, 3.05) is 17.7 Å². The molecule has 110 valence electrons. The van der Waals surface area contributed by atoms with Crippen LogP contribution in [0.2, 0.25) is 0 Å². The molecule has 0 saturated carbocycles. The summed E-state index contributed by atoms with van der Waals surface area (Å²) < 4.78 is 0. The fourth-order valence-electron chi connectivity index (χ4n) is 1.84. The van der Waals surface area contributed by atoms with E-state index in [1.807, 2.05) is 24.3 Å². The lowest BCUT2D eigenvalue weighted by atomic mass is 9.87. The Morgan fingerprint density at radius 3 is 2.33 bits per heavy atom. The van der Waals surface area contributed by atoms with Crippen LogP contribution in [0, 0.1) is 0 Å². The molecule has 1 amide bonds. The van der Waals surface area contributed by atoms with Crippen LogP contribution in [0.15, 0.2) is 36.7 Å². The van der Waals surface area contributed by atoms with E-state index >= 15 is 0 Å². The minimum Gasteiger partial charge on any atom is -0.372 e. The molecule has 0 aliphatic heterocycles. The van der Waals surface area contributed by atoms with Gasteiger partial charge in [0.1, 0.15) is 11.5 Å². The zero-order chi connectivity index (χ0) is 15.5. The summed E-state index contributed by atoms with van der Waals surface area (Å²) in [6, 6.07) is 7.83. The fourth-order valence-corrected chi connectivity index (χ4v) is 1.84. The minimum atomic E-state index is -0.275.